The van der Waals surface area contributed by atoms with Crippen molar-refractivity contribution in [1.82, 2.24) is 59.5 Å². The zero-order valence-electron chi connectivity index (χ0n) is 45.4. The number of aliphatic hydroxyl groups excluding tert-OH is 1. The minimum atomic E-state index is -1.18. The van der Waals surface area contributed by atoms with Gasteiger partial charge in [0.25, 0.3) is 5.56 Å². The van der Waals surface area contributed by atoms with Crippen LogP contribution < -0.4 is 26.4 Å². The largest absolute Gasteiger partial charge is 0.391 e. The molecule has 3 atom stereocenters. The van der Waals surface area contributed by atoms with Crippen molar-refractivity contribution in [2.45, 2.75) is 90.9 Å². The summed E-state index contributed by atoms with van der Waals surface area (Å²) in [6.45, 7) is 24.1. The first kappa shape index (κ1) is 54.5. The Bertz CT molecular complexity index is 3200. The summed E-state index contributed by atoms with van der Waals surface area (Å²) in [5.41, 5.74) is 5.48. The predicted molar refractivity (Wildman–Crippen MR) is 302 cm³/mol. The molecule has 4 fully saturated rings. The van der Waals surface area contributed by atoms with Crippen LogP contribution in [-0.2, 0) is 33.1 Å². The van der Waals surface area contributed by atoms with E-state index >= 15 is 0 Å². The van der Waals surface area contributed by atoms with Gasteiger partial charge in [0, 0.05) is 102 Å². The van der Waals surface area contributed by atoms with Gasteiger partial charge in [0.05, 0.1) is 41.0 Å². The number of benzene rings is 2. The molecule has 20 nitrogen and oxygen atoms in total. The highest BCUT2D eigenvalue weighted by Gasteiger charge is 2.45. The Hall–Kier alpha value is -6.88. The predicted octanol–water partition coefficient (Wildman–Crippen LogP) is 4.11. The zero-order chi connectivity index (χ0) is 55.0. The van der Waals surface area contributed by atoms with Crippen LogP contribution in [0.2, 0.25) is 0 Å². The number of hydrogen-bond acceptors (Lipinski definition) is 16. The lowest BCUT2D eigenvalue weighted by Crippen LogP contribution is -2.65. The van der Waals surface area contributed by atoms with Gasteiger partial charge < -0.3 is 36.0 Å². The molecule has 4 aliphatic heterocycles. The van der Waals surface area contributed by atoms with Gasteiger partial charge in [-0.3, -0.25) is 33.9 Å². The van der Waals surface area contributed by atoms with Gasteiger partial charge in [-0.1, -0.05) is 57.2 Å². The molecule has 78 heavy (non-hydrogen) atoms. The van der Waals surface area contributed by atoms with Crippen LogP contribution in [0.15, 0.2) is 95.9 Å². The molecular formula is C57H72N14O6S. The number of piperazine rings is 1. The Morgan fingerprint density at radius 3 is 2.29 bits per heavy atom. The van der Waals surface area contributed by atoms with Crippen molar-refractivity contribution in [3.05, 3.63) is 118 Å². The number of anilines is 3. The Morgan fingerprint density at radius 2 is 1.63 bits per heavy atom. The summed E-state index contributed by atoms with van der Waals surface area (Å²) in [6.07, 6.45) is 2.45. The molecule has 4 saturated heterocycles. The molecule has 10 rings (SSSR count). The number of aromatic nitrogens is 6. The van der Waals surface area contributed by atoms with Gasteiger partial charge in [0.2, 0.25) is 23.7 Å². The Labute approximate surface area is 458 Å². The molecule has 0 spiro atoms. The van der Waals surface area contributed by atoms with E-state index in [1.54, 1.807) is 54.1 Å². The summed E-state index contributed by atoms with van der Waals surface area (Å²) in [4.78, 5) is 85.2. The number of carbonyl (C=O) groups excluding carboxylic acids is 3. The fourth-order valence-corrected chi connectivity index (χ4v) is 11.9. The van der Waals surface area contributed by atoms with Crippen LogP contribution in [-0.4, -0.2) is 173 Å². The van der Waals surface area contributed by atoms with Crippen molar-refractivity contribution in [2.24, 2.45) is 11.3 Å². The topological polar surface area (TPSA) is 222 Å². The molecule has 0 saturated carbocycles. The van der Waals surface area contributed by atoms with Crippen molar-refractivity contribution in [1.29, 1.82) is 0 Å². The third-order valence-corrected chi connectivity index (χ3v) is 16.4. The first-order valence-electron chi connectivity index (χ1n) is 26.9. The molecule has 0 radical (unpaired) electrons. The summed E-state index contributed by atoms with van der Waals surface area (Å²) < 4.78 is 3.15. The summed E-state index contributed by atoms with van der Waals surface area (Å²) in [7, 11) is 0. The average molecular weight is 1080 g/mol. The van der Waals surface area contributed by atoms with Gasteiger partial charge in [0.1, 0.15) is 23.1 Å². The molecule has 412 valence electrons. The van der Waals surface area contributed by atoms with Gasteiger partial charge >= 0.3 is 0 Å². The van der Waals surface area contributed by atoms with Crippen LogP contribution >= 0.6 is 11.3 Å². The lowest BCUT2D eigenvalue weighted by atomic mass is 9.85. The summed E-state index contributed by atoms with van der Waals surface area (Å²) in [6, 6.07) is 20.3. The zero-order valence-corrected chi connectivity index (χ0v) is 46.2. The quantitative estimate of drug-likeness (QED) is 0.0765. The summed E-state index contributed by atoms with van der Waals surface area (Å²) in [5, 5.41) is 31.0. The Balaban J connectivity index is 0.648. The van der Waals surface area contributed by atoms with E-state index in [-0.39, 0.29) is 55.9 Å². The summed E-state index contributed by atoms with van der Waals surface area (Å²) >= 11 is 1.58. The molecule has 2 aromatic carbocycles. The highest BCUT2D eigenvalue weighted by molar-refractivity contribution is 7.13. The fourth-order valence-electron chi connectivity index (χ4n) is 11.1. The van der Waals surface area contributed by atoms with Gasteiger partial charge in [-0.15, -0.1) is 17.9 Å². The maximum atomic E-state index is 14.2. The van der Waals surface area contributed by atoms with Gasteiger partial charge in [-0.05, 0) is 79.6 Å². The van der Waals surface area contributed by atoms with Crippen LogP contribution in [0.4, 0.5) is 17.3 Å². The van der Waals surface area contributed by atoms with Crippen molar-refractivity contribution < 1.29 is 24.6 Å². The third kappa shape index (κ3) is 11.9. The second kappa shape index (κ2) is 22.5. The van der Waals surface area contributed by atoms with Crippen LogP contribution in [0.5, 0.6) is 0 Å². The number of β-amino-alcohol motifs (C(OH)–C–C–N with tert-alkyl or cyclic N) is 1. The molecule has 5 N–H and O–H groups in total. The number of aliphatic hydroxyl groups is 2. The average Bonchev–Trinajstić information content (AvgIpc) is 4.11. The lowest BCUT2D eigenvalue weighted by molar-refractivity contribution is -0.144. The first-order valence-corrected chi connectivity index (χ1v) is 27.8. The minimum Gasteiger partial charge on any atom is -0.391 e. The van der Waals surface area contributed by atoms with Crippen LogP contribution in [0.3, 0.4) is 0 Å². The third-order valence-electron chi connectivity index (χ3n) is 15.4. The SMILES string of the molecule is C=CCn1c(=O)c2cnc(Nc3ccc(N4CCN(C5CN(CC6CN(CC(=O)N[C@H](C(=O)N7CC(O)CC7C(=O)NCc7ccc(-c8scnc8C)cc7)C(C)(C)C)C6)C5)CC4)cc3)nc2n1-c1cccc(C(C)(C)O)n1. The van der Waals surface area contributed by atoms with E-state index in [0.29, 0.717) is 40.5 Å². The van der Waals surface area contributed by atoms with Crippen LogP contribution in [0.25, 0.3) is 27.3 Å². The maximum absolute atomic E-state index is 14.2. The second-order valence-corrected chi connectivity index (χ2v) is 23.8. The molecule has 6 aromatic rings. The number of pyridine rings is 1. The Kier molecular flexibility index (Phi) is 15.7. The van der Waals surface area contributed by atoms with Crippen molar-refractivity contribution >= 4 is 57.4 Å². The number of allylic oxidation sites excluding steroid dienone is 1. The molecule has 2 unspecified atom stereocenters. The normalized spacial score (nSPS) is 19.4. The van der Waals surface area contributed by atoms with Gasteiger partial charge in [0.15, 0.2) is 11.5 Å². The molecule has 21 heteroatoms. The van der Waals surface area contributed by atoms with Crippen LogP contribution in [0, 0.1) is 18.3 Å². The van der Waals surface area contributed by atoms with E-state index in [2.05, 4.69) is 69.2 Å². The molecule has 0 aliphatic carbocycles. The second-order valence-electron chi connectivity index (χ2n) is 22.9. The number of fused-ring (bicyclic) bond motifs is 1. The van der Waals surface area contributed by atoms with E-state index in [4.69, 9.17) is 4.98 Å². The smallest absolute Gasteiger partial charge is 0.278 e. The molecule has 3 amide bonds. The van der Waals surface area contributed by atoms with E-state index in [0.717, 1.165) is 92.0 Å². The maximum Gasteiger partial charge on any atom is 0.278 e. The molecule has 8 heterocycles. The van der Waals surface area contributed by atoms with E-state index < -0.39 is 29.2 Å². The summed E-state index contributed by atoms with van der Waals surface area (Å²) in [5.74, 6) is 0.316. The number of nitrogens with one attached hydrogen (secondary N) is 3. The molecule has 0 bridgehead atoms. The van der Waals surface area contributed by atoms with Crippen LogP contribution in [0.1, 0.15) is 58.0 Å². The van der Waals surface area contributed by atoms with Crippen molar-refractivity contribution in [3.63, 3.8) is 0 Å². The number of thiazole rings is 1. The van der Waals surface area contributed by atoms with E-state index in [1.165, 1.54) is 15.8 Å². The monoisotopic (exact) mass is 1080 g/mol. The highest BCUT2D eigenvalue weighted by atomic mass is 32.1. The fraction of sp³-hybridized carbons (Fsp3) is 0.474. The number of likely N-dealkylation sites (tertiary alicyclic amines) is 3. The van der Waals surface area contributed by atoms with Gasteiger partial charge in [-0.25, -0.2) is 24.3 Å². The Morgan fingerprint density at radius 1 is 0.897 bits per heavy atom. The minimum absolute atomic E-state index is 0.0262. The number of nitrogens with zero attached hydrogens (tertiary/aromatic N) is 11. The number of rotatable bonds is 18. The molecular weight excluding hydrogens is 1010 g/mol. The molecule has 4 aliphatic rings. The van der Waals surface area contributed by atoms with Crippen molar-refractivity contribution in [3.8, 4) is 16.3 Å². The number of carbonyl (C=O) groups is 3. The molecule has 4 aromatic heterocycles. The highest BCUT2D eigenvalue weighted by Crippen LogP contribution is 2.31. The number of aryl methyl sites for hydroxylation is 1. The van der Waals surface area contributed by atoms with Crippen molar-refractivity contribution in [2.75, 3.05) is 82.2 Å². The standard InChI is InChI=1S/C57H72N14O6S/c1-8-20-70-53(75)44-27-59-55(64-51(44)71(70)47-11-9-10-46(62-47)57(6,7)77)61-40-16-18-41(19-17-40)67-21-23-68(24-22-67)42-31-66(32-42)30-38-28-65(29-38)34-48(73)63-50(56(3,4)5)54(76)69-33-43(72)25-45(69)52(74)58-26-37-12-14-39(15-13-37)49-36(2)60-35-78-49/h8-19,27,35,38,42-43,45,50,72,77H,1,20-26,28-34H2,2-7H3,(H,58,74)(H,63,73)(H,59,61,64)/t43?,45?,50-/m1/s1. The lowest BCUT2D eigenvalue weighted by Gasteiger charge is -2.51. The first-order chi connectivity index (χ1) is 37.3. The van der Waals surface area contributed by atoms with E-state index in [9.17, 15) is 29.4 Å². The van der Waals surface area contributed by atoms with E-state index in [1.807, 2.05) is 69.6 Å². The number of amides is 3. The number of hydrogen-bond donors (Lipinski definition) is 5. The van der Waals surface area contributed by atoms with Gasteiger partial charge in [-0.2, -0.15) is 4.98 Å².